The lowest BCUT2D eigenvalue weighted by Crippen LogP contribution is -2.15. The topological polar surface area (TPSA) is 59.3 Å². The number of hydrogen-bond acceptors (Lipinski definition) is 2. The molecule has 1 heterocycles. The molecule has 0 spiro atoms. The van der Waals surface area contributed by atoms with Gasteiger partial charge >= 0.3 is 5.97 Å². The van der Waals surface area contributed by atoms with Gasteiger partial charge in [-0.05, 0) is 60.8 Å². The van der Waals surface area contributed by atoms with Gasteiger partial charge in [0.2, 0.25) is 5.78 Å². The Morgan fingerprint density at radius 2 is 1.70 bits per heavy atom. The number of nitrogens with zero attached hydrogens (tertiary/aromatic N) is 1. The Labute approximate surface area is 144 Å². The maximum absolute atomic E-state index is 13.0. The van der Waals surface area contributed by atoms with Crippen molar-refractivity contribution < 1.29 is 14.7 Å². The van der Waals surface area contributed by atoms with Crippen molar-refractivity contribution in [2.75, 3.05) is 0 Å². The summed E-state index contributed by atoms with van der Waals surface area (Å²) in [6, 6.07) is 5.71. The van der Waals surface area contributed by atoms with E-state index in [1.807, 2.05) is 39.8 Å². The van der Waals surface area contributed by atoms with Crippen LogP contribution in [0.3, 0.4) is 0 Å². The van der Waals surface area contributed by atoms with Gasteiger partial charge in [0.1, 0.15) is 0 Å². The number of aromatic nitrogens is 1. The summed E-state index contributed by atoms with van der Waals surface area (Å²) in [4.78, 5) is 24.1. The lowest BCUT2D eigenvalue weighted by atomic mass is 9.95. The molecule has 122 valence electrons. The molecule has 2 rings (SSSR count). The van der Waals surface area contributed by atoms with E-state index in [-0.39, 0.29) is 12.2 Å². The normalized spacial score (nSPS) is 10.8. The first-order valence-electron chi connectivity index (χ1n) is 7.48. The molecule has 1 aromatic carbocycles. The molecule has 0 fully saturated rings. The van der Waals surface area contributed by atoms with Gasteiger partial charge < -0.3 is 9.67 Å². The smallest absolute Gasteiger partial charge is 0.309 e. The molecule has 4 nitrogen and oxygen atoms in total. The van der Waals surface area contributed by atoms with Crippen molar-refractivity contribution in [3.05, 3.63) is 56.3 Å². The molecule has 2 aromatic rings. The summed E-state index contributed by atoms with van der Waals surface area (Å²) in [7, 11) is 0. The van der Waals surface area contributed by atoms with Gasteiger partial charge in [0.05, 0.1) is 12.1 Å². The number of carbonyl (C=O) groups excluding carboxylic acids is 1. The lowest BCUT2D eigenvalue weighted by molar-refractivity contribution is -0.136. The second-order valence-corrected chi connectivity index (χ2v) is 6.60. The monoisotopic (exact) mass is 377 g/mol. The fourth-order valence-electron chi connectivity index (χ4n) is 3.09. The zero-order chi connectivity index (χ0) is 17.3. The van der Waals surface area contributed by atoms with Crippen LogP contribution in [-0.2, 0) is 17.8 Å². The molecule has 0 aliphatic heterocycles. The fraction of sp³-hybridized carbons (Fsp3) is 0.333. The van der Waals surface area contributed by atoms with Gasteiger partial charge in [-0.25, -0.2) is 0 Å². The standard InChI is InChI=1S/C18H20BrNO3/c1-5-20-14(9-16(21)22)13(19)8-15(20)18(23)17-11(3)6-10(2)7-12(17)4/h6-8H,5,9H2,1-4H3,(H,21,22). The molecular weight excluding hydrogens is 358 g/mol. The van der Waals surface area contributed by atoms with Gasteiger partial charge in [-0.2, -0.15) is 0 Å². The van der Waals surface area contributed by atoms with Crippen molar-refractivity contribution in [2.45, 2.75) is 40.7 Å². The van der Waals surface area contributed by atoms with Crippen LogP contribution in [0, 0.1) is 20.8 Å². The lowest BCUT2D eigenvalue weighted by Gasteiger charge is -2.13. The van der Waals surface area contributed by atoms with Gasteiger partial charge in [-0.3, -0.25) is 9.59 Å². The summed E-state index contributed by atoms with van der Waals surface area (Å²) in [5.74, 6) is -0.987. The number of aliphatic carboxylic acids is 1. The van der Waals surface area contributed by atoms with Gasteiger partial charge in [0, 0.05) is 22.3 Å². The van der Waals surface area contributed by atoms with Crippen LogP contribution in [0.1, 0.15) is 45.4 Å². The molecule has 0 atom stereocenters. The van der Waals surface area contributed by atoms with Crippen LogP contribution in [0.25, 0.3) is 0 Å². The van der Waals surface area contributed by atoms with Crippen LogP contribution in [0.2, 0.25) is 0 Å². The number of hydrogen-bond donors (Lipinski definition) is 1. The van der Waals surface area contributed by atoms with Crippen molar-refractivity contribution in [2.24, 2.45) is 0 Å². The number of aryl methyl sites for hydroxylation is 3. The first-order valence-corrected chi connectivity index (χ1v) is 8.27. The predicted octanol–water partition coefficient (Wildman–Crippen LogP) is 4.05. The molecule has 23 heavy (non-hydrogen) atoms. The highest BCUT2D eigenvalue weighted by molar-refractivity contribution is 9.10. The predicted molar refractivity (Wildman–Crippen MR) is 93.2 cm³/mol. The van der Waals surface area contributed by atoms with Crippen molar-refractivity contribution >= 4 is 27.7 Å². The van der Waals surface area contributed by atoms with Crippen LogP contribution >= 0.6 is 15.9 Å². The summed E-state index contributed by atoms with van der Waals surface area (Å²) in [6.45, 7) is 8.31. The van der Waals surface area contributed by atoms with Crippen molar-refractivity contribution in [3.63, 3.8) is 0 Å². The van der Waals surface area contributed by atoms with Gasteiger partial charge in [-0.1, -0.05) is 17.7 Å². The zero-order valence-electron chi connectivity index (χ0n) is 13.7. The Kier molecular flexibility index (Phi) is 5.09. The third-order valence-corrected chi connectivity index (χ3v) is 4.61. The van der Waals surface area contributed by atoms with E-state index in [9.17, 15) is 9.59 Å². The number of halogens is 1. The maximum Gasteiger partial charge on any atom is 0.309 e. The first kappa shape index (κ1) is 17.5. The Morgan fingerprint density at radius 3 is 2.17 bits per heavy atom. The molecule has 0 aliphatic rings. The molecular formula is C18H20BrNO3. The van der Waals surface area contributed by atoms with Crippen LogP contribution in [0.4, 0.5) is 0 Å². The van der Waals surface area contributed by atoms with Gasteiger partial charge in [0.15, 0.2) is 0 Å². The van der Waals surface area contributed by atoms with Gasteiger partial charge in [0.25, 0.3) is 0 Å². The highest BCUT2D eigenvalue weighted by Gasteiger charge is 2.23. The highest BCUT2D eigenvalue weighted by atomic mass is 79.9. The van der Waals surface area contributed by atoms with Crippen molar-refractivity contribution in [1.82, 2.24) is 4.57 Å². The molecule has 0 saturated heterocycles. The molecule has 0 bridgehead atoms. The van der Waals surface area contributed by atoms with E-state index >= 15 is 0 Å². The minimum atomic E-state index is -0.916. The minimum absolute atomic E-state index is 0.0702. The number of benzene rings is 1. The number of rotatable bonds is 5. The summed E-state index contributed by atoms with van der Waals surface area (Å²) in [5, 5.41) is 9.08. The average Bonchev–Trinajstić information content (AvgIpc) is 2.73. The third-order valence-electron chi connectivity index (χ3n) is 3.93. The largest absolute Gasteiger partial charge is 0.481 e. The molecule has 0 aliphatic carbocycles. The number of carboxylic acid groups (broad SMARTS) is 1. The molecule has 0 unspecified atom stereocenters. The molecule has 1 N–H and O–H groups in total. The van der Waals surface area contributed by atoms with E-state index in [1.54, 1.807) is 10.6 Å². The van der Waals surface area contributed by atoms with Crippen molar-refractivity contribution in [1.29, 1.82) is 0 Å². The molecule has 0 amide bonds. The number of carboxylic acids is 1. The molecule has 1 aromatic heterocycles. The Morgan fingerprint density at radius 1 is 1.13 bits per heavy atom. The van der Waals surface area contributed by atoms with E-state index < -0.39 is 5.97 Å². The van der Waals surface area contributed by atoms with E-state index in [0.717, 1.165) is 16.7 Å². The van der Waals surface area contributed by atoms with Gasteiger partial charge in [-0.15, -0.1) is 0 Å². The van der Waals surface area contributed by atoms with Crippen LogP contribution in [0.5, 0.6) is 0 Å². The number of ketones is 1. The van der Waals surface area contributed by atoms with Crippen molar-refractivity contribution in [3.8, 4) is 0 Å². The summed E-state index contributed by atoms with van der Waals surface area (Å²) < 4.78 is 2.44. The second kappa shape index (κ2) is 6.71. The maximum atomic E-state index is 13.0. The van der Waals surface area contributed by atoms with E-state index in [4.69, 9.17) is 5.11 Å². The van der Waals surface area contributed by atoms with E-state index in [2.05, 4.69) is 15.9 Å². The Bertz CT molecular complexity index is 767. The summed E-state index contributed by atoms with van der Waals surface area (Å²) in [5.41, 5.74) is 4.82. The Balaban J connectivity index is 2.59. The van der Waals surface area contributed by atoms with Crippen LogP contribution in [-0.4, -0.2) is 21.4 Å². The SMILES string of the molecule is CCn1c(C(=O)c2c(C)cc(C)cc2C)cc(Br)c1CC(=O)O. The average molecular weight is 378 g/mol. The van der Waals surface area contributed by atoms with E-state index in [1.165, 1.54) is 0 Å². The van der Waals surface area contributed by atoms with E-state index in [0.29, 0.717) is 28.0 Å². The fourth-order valence-corrected chi connectivity index (χ4v) is 3.67. The Hall–Kier alpha value is -1.88. The second-order valence-electron chi connectivity index (χ2n) is 5.74. The molecule has 0 radical (unpaired) electrons. The first-order chi connectivity index (χ1) is 10.8. The molecule has 5 heteroatoms. The number of carbonyl (C=O) groups is 2. The summed E-state index contributed by atoms with van der Waals surface area (Å²) in [6.07, 6.45) is -0.117. The van der Waals surface area contributed by atoms with Crippen LogP contribution < -0.4 is 0 Å². The van der Waals surface area contributed by atoms with Crippen LogP contribution in [0.15, 0.2) is 22.7 Å². The quantitative estimate of drug-likeness (QED) is 0.799. The highest BCUT2D eigenvalue weighted by Crippen LogP contribution is 2.27. The minimum Gasteiger partial charge on any atom is -0.481 e. The zero-order valence-corrected chi connectivity index (χ0v) is 15.3. The third kappa shape index (κ3) is 3.39. The molecule has 0 saturated carbocycles. The summed E-state index contributed by atoms with van der Waals surface area (Å²) >= 11 is 3.39.